The lowest BCUT2D eigenvalue weighted by Gasteiger charge is -2.32. The second kappa shape index (κ2) is 3.92. The van der Waals surface area contributed by atoms with E-state index in [1.165, 1.54) is 44.9 Å². The van der Waals surface area contributed by atoms with Crippen molar-refractivity contribution in [1.82, 2.24) is 0 Å². The molecule has 0 aliphatic heterocycles. The van der Waals surface area contributed by atoms with E-state index < -0.39 is 0 Å². The van der Waals surface area contributed by atoms with E-state index >= 15 is 0 Å². The predicted molar refractivity (Wildman–Crippen MR) is 60.4 cm³/mol. The molecule has 2 N–H and O–H groups in total. The van der Waals surface area contributed by atoms with Gasteiger partial charge in [-0.3, -0.25) is 4.99 Å². The first-order valence-electron chi connectivity index (χ1n) is 5.99. The van der Waals surface area contributed by atoms with Gasteiger partial charge in [0.15, 0.2) is 0 Å². The molecule has 0 saturated heterocycles. The molecule has 80 valence electrons. The summed E-state index contributed by atoms with van der Waals surface area (Å²) in [5.74, 6) is 1.57. The Kier molecular flexibility index (Phi) is 2.80. The Balaban J connectivity index is 1.85. The van der Waals surface area contributed by atoms with Crippen molar-refractivity contribution < 1.29 is 0 Å². The van der Waals surface area contributed by atoms with Crippen LogP contribution in [0.2, 0.25) is 0 Å². The third kappa shape index (κ3) is 2.49. The van der Waals surface area contributed by atoms with Crippen LogP contribution in [-0.2, 0) is 0 Å². The maximum Gasteiger partial charge on any atom is 0.0968 e. The zero-order valence-corrected chi connectivity index (χ0v) is 9.26. The fourth-order valence-corrected chi connectivity index (χ4v) is 2.35. The summed E-state index contributed by atoms with van der Waals surface area (Å²) in [6.07, 6.45) is 9.41. The lowest BCUT2D eigenvalue weighted by atomic mass is 9.76. The Morgan fingerprint density at radius 2 is 1.93 bits per heavy atom. The fourth-order valence-electron chi connectivity index (χ4n) is 2.35. The average Bonchev–Trinajstić information content (AvgIpc) is 2.99. The number of rotatable bonds is 3. The minimum Gasteiger partial charge on any atom is -0.387 e. The van der Waals surface area contributed by atoms with Crippen LogP contribution in [0.1, 0.15) is 51.9 Å². The summed E-state index contributed by atoms with van der Waals surface area (Å²) in [7, 11) is 0. The van der Waals surface area contributed by atoms with Gasteiger partial charge in [-0.1, -0.05) is 26.2 Å². The second-order valence-electron chi connectivity index (χ2n) is 5.39. The maximum absolute atomic E-state index is 5.91. The van der Waals surface area contributed by atoms with Crippen molar-refractivity contribution in [2.45, 2.75) is 51.9 Å². The molecule has 0 spiro atoms. The Labute approximate surface area is 87.0 Å². The summed E-state index contributed by atoms with van der Waals surface area (Å²) in [5, 5.41) is 0. The molecule has 0 bridgehead atoms. The number of amidine groups is 1. The highest BCUT2D eigenvalue weighted by Crippen LogP contribution is 2.36. The largest absolute Gasteiger partial charge is 0.387 e. The third-order valence-electron chi connectivity index (χ3n) is 3.70. The first-order chi connectivity index (χ1) is 6.70. The van der Waals surface area contributed by atoms with Gasteiger partial charge in [-0.25, -0.2) is 0 Å². The number of nitrogens with zero attached hydrogens (tertiary/aromatic N) is 1. The highest BCUT2D eigenvalue weighted by molar-refractivity contribution is 5.84. The van der Waals surface area contributed by atoms with Crippen LogP contribution in [0.4, 0.5) is 0 Å². The Morgan fingerprint density at radius 3 is 2.50 bits per heavy atom. The second-order valence-corrected chi connectivity index (χ2v) is 5.39. The van der Waals surface area contributed by atoms with Gasteiger partial charge in [0.25, 0.3) is 0 Å². The van der Waals surface area contributed by atoms with Crippen LogP contribution >= 0.6 is 0 Å². The summed E-state index contributed by atoms with van der Waals surface area (Å²) in [4.78, 5) is 4.58. The number of nitrogens with two attached hydrogens (primary N) is 1. The van der Waals surface area contributed by atoms with E-state index in [9.17, 15) is 0 Å². The topological polar surface area (TPSA) is 38.4 Å². The van der Waals surface area contributed by atoms with Crippen molar-refractivity contribution >= 4 is 5.84 Å². The molecule has 0 aromatic carbocycles. The first-order valence-corrected chi connectivity index (χ1v) is 5.99. The van der Waals surface area contributed by atoms with E-state index in [1.54, 1.807) is 0 Å². The van der Waals surface area contributed by atoms with Crippen molar-refractivity contribution in [3.05, 3.63) is 0 Å². The number of aliphatic imine (C=N–C) groups is 1. The molecule has 2 aliphatic carbocycles. The molecule has 0 amide bonds. The molecule has 0 unspecified atom stereocenters. The van der Waals surface area contributed by atoms with Gasteiger partial charge in [0.2, 0.25) is 0 Å². The molecule has 0 aromatic rings. The third-order valence-corrected chi connectivity index (χ3v) is 3.70. The van der Waals surface area contributed by atoms with Gasteiger partial charge in [-0.2, -0.15) is 0 Å². The highest BCUT2D eigenvalue weighted by Gasteiger charge is 2.29. The van der Waals surface area contributed by atoms with Gasteiger partial charge in [-0.05, 0) is 31.1 Å². The van der Waals surface area contributed by atoms with Gasteiger partial charge in [0.05, 0.1) is 5.84 Å². The standard InChI is InChI=1S/C12H22N2/c1-12(7-3-2-4-8-12)9-14-11(13)10-5-6-10/h10H,2-9H2,1H3,(H2,13,14). The fraction of sp³-hybridized carbons (Fsp3) is 0.917. The van der Waals surface area contributed by atoms with E-state index in [1.807, 2.05) is 0 Å². The van der Waals surface area contributed by atoms with E-state index in [0.29, 0.717) is 11.3 Å². The summed E-state index contributed by atoms with van der Waals surface area (Å²) < 4.78 is 0. The Hall–Kier alpha value is -0.530. The van der Waals surface area contributed by atoms with E-state index in [2.05, 4.69) is 11.9 Å². The van der Waals surface area contributed by atoms with Crippen molar-refractivity contribution in [2.75, 3.05) is 6.54 Å². The quantitative estimate of drug-likeness (QED) is 0.544. The van der Waals surface area contributed by atoms with E-state index in [4.69, 9.17) is 5.73 Å². The summed E-state index contributed by atoms with van der Waals surface area (Å²) in [6.45, 7) is 3.34. The first kappa shape index (κ1) is 10.0. The van der Waals surface area contributed by atoms with Crippen LogP contribution in [0.15, 0.2) is 4.99 Å². The van der Waals surface area contributed by atoms with Crippen LogP contribution in [0, 0.1) is 11.3 Å². The molecule has 2 aliphatic rings. The summed E-state index contributed by atoms with van der Waals surface area (Å²) in [6, 6.07) is 0. The minimum absolute atomic E-state index is 0.456. The lowest BCUT2D eigenvalue weighted by Crippen LogP contribution is -2.26. The lowest BCUT2D eigenvalue weighted by molar-refractivity contribution is 0.227. The molecule has 0 aromatic heterocycles. The van der Waals surface area contributed by atoms with Gasteiger partial charge in [0.1, 0.15) is 0 Å². The number of hydrogen-bond acceptors (Lipinski definition) is 1. The van der Waals surface area contributed by atoms with Crippen LogP contribution in [0.25, 0.3) is 0 Å². The van der Waals surface area contributed by atoms with Gasteiger partial charge in [0, 0.05) is 12.5 Å². The van der Waals surface area contributed by atoms with Crippen LogP contribution in [0.3, 0.4) is 0 Å². The van der Waals surface area contributed by atoms with Gasteiger partial charge < -0.3 is 5.73 Å². The van der Waals surface area contributed by atoms with Crippen LogP contribution < -0.4 is 5.73 Å². The van der Waals surface area contributed by atoms with Gasteiger partial charge in [-0.15, -0.1) is 0 Å². The molecular formula is C12H22N2. The number of hydrogen-bond donors (Lipinski definition) is 1. The maximum atomic E-state index is 5.91. The van der Waals surface area contributed by atoms with Crippen molar-refractivity contribution in [2.24, 2.45) is 22.1 Å². The molecule has 2 nitrogen and oxygen atoms in total. The molecule has 2 heteroatoms. The van der Waals surface area contributed by atoms with Crippen LogP contribution in [0.5, 0.6) is 0 Å². The summed E-state index contributed by atoms with van der Waals surface area (Å²) in [5.41, 5.74) is 6.36. The Bertz CT molecular complexity index is 222. The van der Waals surface area contributed by atoms with E-state index in [-0.39, 0.29) is 0 Å². The van der Waals surface area contributed by atoms with Gasteiger partial charge >= 0.3 is 0 Å². The highest BCUT2D eigenvalue weighted by atomic mass is 14.9. The average molecular weight is 194 g/mol. The molecule has 0 heterocycles. The van der Waals surface area contributed by atoms with E-state index in [0.717, 1.165) is 12.4 Å². The van der Waals surface area contributed by atoms with Crippen LogP contribution in [-0.4, -0.2) is 12.4 Å². The minimum atomic E-state index is 0.456. The van der Waals surface area contributed by atoms with Crippen molar-refractivity contribution in [1.29, 1.82) is 0 Å². The summed E-state index contributed by atoms with van der Waals surface area (Å²) >= 11 is 0. The molecule has 2 saturated carbocycles. The molecular weight excluding hydrogens is 172 g/mol. The molecule has 2 rings (SSSR count). The zero-order chi connectivity index (χ0) is 10.0. The van der Waals surface area contributed by atoms with Crippen molar-refractivity contribution in [3.8, 4) is 0 Å². The molecule has 0 atom stereocenters. The van der Waals surface area contributed by atoms with Crippen molar-refractivity contribution in [3.63, 3.8) is 0 Å². The Morgan fingerprint density at radius 1 is 1.29 bits per heavy atom. The monoisotopic (exact) mass is 194 g/mol. The molecule has 14 heavy (non-hydrogen) atoms. The zero-order valence-electron chi connectivity index (χ0n) is 9.26. The predicted octanol–water partition coefficient (Wildman–Crippen LogP) is 2.72. The normalized spacial score (nSPS) is 27.6. The molecule has 0 radical (unpaired) electrons. The SMILES string of the molecule is CC1(CN=C(N)C2CC2)CCCCC1. The smallest absolute Gasteiger partial charge is 0.0968 e. The molecule has 2 fully saturated rings.